The van der Waals surface area contributed by atoms with Crippen molar-refractivity contribution in [1.82, 2.24) is 10.3 Å². The van der Waals surface area contributed by atoms with Crippen molar-refractivity contribution in [3.8, 4) is 0 Å². The van der Waals surface area contributed by atoms with Crippen LogP contribution in [0.25, 0.3) is 10.9 Å². The fraction of sp³-hybridized carbons (Fsp3) is 0.111. The largest absolute Gasteiger partial charge is 0.480 e. The number of aliphatic carboxylic acids is 1. The molecule has 0 aliphatic rings. The van der Waals surface area contributed by atoms with E-state index in [0.29, 0.717) is 10.7 Å². The number of amides is 1. The number of halogens is 1. The van der Waals surface area contributed by atoms with Crippen molar-refractivity contribution < 1.29 is 14.7 Å². The van der Waals surface area contributed by atoms with Gasteiger partial charge in [0.15, 0.2) is 0 Å². The Kier molecular flexibility index (Phi) is 4.53. The highest BCUT2D eigenvalue weighted by Crippen LogP contribution is 2.20. The fourth-order valence-electron chi connectivity index (χ4n) is 2.51. The number of nitrogens with one attached hydrogen (secondary N) is 2. The number of carboxylic acids is 1. The third-order valence-corrected chi connectivity index (χ3v) is 3.95. The van der Waals surface area contributed by atoms with E-state index in [1.807, 2.05) is 30.3 Å². The van der Waals surface area contributed by atoms with Crippen LogP contribution in [-0.4, -0.2) is 28.0 Å². The minimum absolute atomic E-state index is 0.216. The molecule has 0 saturated heterocycles. The predicted octanol–water partition coefficient (Wildman–Crippen LogP) is 3.25. The monoisotopic (exact) mass is 342 g/mol. The highest BCUT2D eigenvalue weighted by atomic mass is 35.5. The Bertz CT molecular complexity index is 890. The third-order valence-electron chi connectivity index (χ3n) is 3.71. The molecule has 1 aromatic heterocycles. The second-order valence-corrected chi connectivity index (χ2v) is 5.91. The number of carbonyl (C=O) groups is 2. The molecule has 0 aliphatic heterocycles. The molecular formula is C18H15ClN2O3. The van der Waals surface area contributed by atoms with Gasteiger partial charge in [-0.25, -0.2) is 4.79 Å². The van der Waals surface area contributed by atoms with E-state index >= 15 is 0 Å². The summed E-state index contributed by atoms with van der Waals surface area (Å²) >= 11 is 5.93. The molecule has 0 spiro atoms. The van der Waals surface area contributed by atoms with Crippen molar-refractivity contribution >= 4 is 34.4 Å². The number of fused-ring (bicyclic) bond motifs is 1. The van der Waals surface area contributed by atoms with Gasteiger partial charge in [0.05, 0.1) is 0 Å². The van der Waals surface area contributed by atoms with E-state index in [1.54, 1.807) is 24.3 Å². The minimum atomic E-state index is -1.08. The van der Waals surface area contributed by atoms with Gasteiger partial charge in [0, 0.05) is 22.3 Å². The molecule has 0 bridgehead atoms. The lowest BCUT2D eigenvalue weighted by atomic mass is 10.1. The van der Waals surface area contributed by atoms with Crippen molar-refractivity contribution in [3.05, 3.63) is 70.9 Å². The third kappa shape index (κ3) is 3.58. The maximum Gasteiger partial charge on any atom is 0.326 e. The summed E-state index contributed by atoms with van der Waals surface area (Å²) in [5.41, 5.74) is 1.90. The summed E-state index contributed by atoms with van der Waals surface area (Å²) in [6.07, 6.45) is 0.216. The first-order valence-corrected chi connectivity index (χ1v) is 7.76. The summed E-state index contributed by atoms with van der Waals surface area (Å²) in [5.74, 6) is -1.54. The molecule has 122 valence electrons. The van der Waals surface area contributed by atoms with E-state index < -0.39 is 17.9 Å². The van der Waals surface area contributed by atoms with Crippen molar-refractivity contribution in [1.29, 1.82) is 0 Å². The molecule has 1 heterocycles. The van der Waals surface area contributed by atoms with E-state index in [-0.39, 0.29) is 6.42 Å². The topological polar surface area (TPSA) is 82.2 Å². The number of hydrogen-bond acceptors (Lipinski definition) is 2. The lowest BCUT2D eigenvalue weighted by Crippen LogP contribution is -2.42. The summed E-state index contributed by atoms with van der Waals surface area (Å²) < 4.78 is 0. The van der Waals surface area contributed by atoms with E-state index in [4.69, 9.17) is 11.6 Å². The second kappa shape index (κ2) is 6.76. The summed E-state index contributed by atoms with van der Waals surface area (Å²) in [5, 5.41) is 13.3. The van der Waals surface area contributed by atoms with Gasteiger partial charge in [-0.3, -0.25) is 4.79 Å². The van der Waals surface area contributed by atoms with Gasteiger partial charge in [0.2, 0.25) is 0 Å². The highest BCUT2D eigenvalue weighted by molar-refractivity contribution is 6.31. The molecule has 24 heavy (non-hydrogen) atoms. The van der Waals surface area contributed by atoms with Crippen molar-refractivity contribution in [2.75, 3.05) is 0 Å². The van der Waals surface area contributed by atoms with Crippen LogP contribution in [0.2, 0.25) is 5.02 Å². The van der Waals surface area contributed by atoms with Crippen molar-refractivity contribution in [2.24, 2.45) is 0 Å². The Morgan fingerprint density at radius 3 is 2.58 bits per heavy atom. The van der Waals surface area contributed by atoms with E-state index in [0.717, 1.165) is 16.5 Å². The maximum atomic E-state index is 12.4. The van der Waals surface area contributed by atoms with Crippen LogP contribution in [0.5, 0.6) is 0 Å². The van der Waals surface area contributed by atoms with Gasteiger partial charge >= 0.3 is 5.97 Å². The van der Waals surface area contributed by atoms with Crippen LogP contribution in [0.1, 0.15) is 16.1 Å². The molecule has 6 heteroatoms. The van der Waals surface area contributed by atoms with Crippen LogP contribution in [-0.2, 0) is 11.2 Å². The molecule has 3 aromatic rings. The summed E-state index contributed by atoms with van der Waals surface area (Å²) in [4.78, 5) is 26.8. The van der Waals surface area contributed by atoms with Crippen LogP contribution in [0.4, 0.5) is 0 Å². The second-order valence-electron chi connectivity index (χ2n) is 5.47. The molecule has 1 amide bonds. The first kappa shape index (κ1) is 16.1. The van der Waals surface area contributed by atoms with Crippen LogP contribution in [0.3, 0.4) is 0 Å². The highest BCUT2D eigenvalue weighted by Gasteiger charge is 2.22. The molecule has 3 rings (SSSR count). The lowest BCUT2D eigenvalue weighted by molar-refractivity contribution is -0.139. The Labute approximate surface area is 143 Å². The van der Waals surface area contributed by atoms with Crippen molar-refractivity contribution in [2.45, 2.75) is 12.5 Å². The van der Waals surface area contributed by atoms with Gasteiger partial charge in [-0.2, -0.15) is 0 Å². The molecule has 0 saturated carbocycles. The zero-order valence-electron chi connectivity index (χ0n) is 12.6. The molecule has 5 nitrogen and oxygen atoms in total. The summed E-state index contributed by atoms with van der Waals surface area (Å²) in [6.45, 7) is 0. The van der Waals surface area contributed by atoms with Crippen LogP contribution < -0.4 is 5.32 Å². The molecule has 1 atom stereocenters. The molecular weight excluding hydrogens is 328 g/mol. The Hall–Kier alpha value is -2.79. The van der Waals surface area contributed by atoms with Crippen molar-refractivity contribution in [3.63, 3.8) is 0 Å². The smallest absolute Gasteiger partial charge is 0.326 e. The number of rotatable bonds is 5. The number of hydrogen-bond donors (Lipinski definition) is 3. The number of carbonyl (C=O) groups excluding carboxylic acids is 1. The SMILES string of the molecule is O=C(NC(Cc1ccccc1)C(=O)O)c1cc2cc(Cl)ccc2[nH]1. The van der Waals surface area contributed by atoms with Gasteiger partial charge in [-0.15, -0.1) is 0 Å². The minimum Gasteiger partial charge on any atom is -0.480 e. The molecule has 3 N–H and O–H groups in total. The van der Waals surface area contributed by atoms with Crippen LogP contribution in [0, 0.1) is 0 Å². The number of carboxylic acid groups (broad SMARTS) is 1. The zero-order valence-corrected chi connectivity index (χ0v) is 13.4. The summed E-state index contributed by atoms with van der Waals surface area (Å²) in [6, 6.07) is 15.0. The molecule has 0 radical (unpaired) electrons. The number of H-pyrrole nitrogens is 1. The first-order valence-electron chi connectivity index (χ1n) is 7.39. The number of aromatic nitrogens is 1. The molecule has 2 aromatic carbocycles. The number of aromatic amines is 1. The zero-order chi connectivity index (χ0) is 17.1. The van der Waals surface area contributed by atoms with Crippen LogP contribution >= 0.6 is 11.6 Å². The Morgan fingerprint density at radius 2 is 1.88 bits per heavy atom. The van der Waals surface area contributed by atoms with Gasteiger partial charge in [0.25, 0.3) is 5.91 Å². The van der Waals surface area contributed by atoms with Gasteiger partial charge in [-0.1, -0.05) is 41.9 Å². The van der Waals surface area contributed by atoms with E-state index in [9.17, 15) is 14.7 Å². The molecule has 0 fully saturated rings. The molecule has 0 aliphatic carbocycles. The van der Waals surface area contributed by atoms with Crippen LogP contribution in [0.15, 0.2) is 54.6 Å². The Balaban J connectivity index is 1.78. The number of benzene rings is 2. The van der Waals surface area contributed by atoms with E-state index in [2.05, 4.69) is 10.3 Å². The standard InChI is InChI=1S/C18H15ClN2O3/c19-13-6-7-14-12(9-13)10-15(20-14)17(22)21-16(18(23)24)8-11-4-2-1-3-5-11/h1-7,9-10,16,20H,8H2,(H,21,22)(H,23,24). The molecule has 1 unspecified atom stereocenters. The van der Waals surface area contributed by atoms with E-state index in [1.165, 1.54) is 0 Å². The van der Waals surface area contributed by atoms with Gasteiger partial charge in [-0.05, 0) is 29.8 Å². The summed E-state index contributed by atoms with van der Waals surface area (Å²) in [7, 11) is 0. The Morgan fingerprint density at radius 1 is 1.12 bits per heavy atom. The fourth-order valence-corrected chi connectivity index (χ4v) is 2.69. The first-order chi connectivity index (χ1) is 11.5. The maximum absolute atomic E-state index is 12.4. The van der Waals surface area contributed by atoms with Gasteiger partial charge in [0.1, 0.15) is 11.7 Å². The quantitative estimate of drug-likeness (QED) is 0.665. The lowest BCUT2D eigenvalue weighted by Gasteiger charge is -2.14. The average Bonchev–Trinajstić information content (AvgIpc) is 2.98. The normalized spacial score (nSPS) is 12.0. The predicted molar refractivity (Wildman–Crippen MR) is 92.3 cm³/mol. The van der Waals surface area contributed by atoms with Gasteiger partial charge < -0.3 is 15.4 Å². The average molecular weight is 343 g/mol.